The Balaban J connectivity index is 2.60. The molecule has 1 aromatic rings. The third-order valence-corrected chi connectivity index (χ3v) is 4.46. The zero-order valence-corrected chi connectivity index (χ0v) is 14.6. The van der Waals surface area contributed by atoms with Gasteiger partial charge in [0.2, 0.25) is 0 Å². The van der Waals surface area contributed by atoms with Gasteiger partial charge in [0.15, 0.2) is 5.78 Å². The number of carbonyl (C=O) groups is 1. The normalized spacial score (nSPS) is 12.4. The van der Waals surface area contributed by atoms with E-state index in [0.29, 0.717) is 5.92 Å². The van der Waals surface area contributed by atoms with Gasteiger partial charge in [0, 0.05) is 11.5 Å². The molecule has 0 heterocycles. The van der Waals surface area contributed by atoms with E-state index in [4.69, 9.17) is 0 Å². The Kier molecular flexibility index (Phi) is 8.81. The predicted octanol–water partition coefficient (Wildman–Crippen LogP) is 6.45. The first-order valence-electron chi connectivity index (χ1n) is 8.87. The lowest BCUT2D eigenvalue weighted by Crippen LogP contribution is -2.15. The SMILES string of the molecule is C=C(CC(C)C(=O)c1ccccc1)C(CCCC)CCCC. The van der Waals surface area contributed by atoms with Gasteiger partial charge in [0.1, 0.15) is 0 Å². The van der Waals surface area contributed by atoms with E-state index in [1.165, 1.54) is 44.1 Å². The van der Waals surface area contributed by atoms with Crippen LogP contribution in [0.5, 0.6) is 0 Å². The predicted molar refractivity (Wildman–Crippen MR) is 96.2 cm³/mol. The van der Waals surface area contributed by atoms with E-state index in [2.05, 4.69) is 20.4 Å². The molecule has 0 radical (unpaired) electrons. The van der Waals surface area contributed by atoms with Crippen molar-refractivity contribution in [3.8, 4) is 0 Å². The highest BCUT2D eigenvalue weighted by atomic mass is 16.1. The van der Waals surface area contributed by atoms with Crippen molar-refractivity contribution >= 4 is 5.78 Å². The maximum atomic E-state index is 12.5. The highest BCUT2D eigenvalue weighted by molar-refractivity contribution is 5.97. The second kappa shape index (κ2) is 10.4. The van der Waals surface area contributed by atoms with E-state index >= 15 is 0 Å². The molecule has 0 saturated heterocycles. The molecule has 22 heavy (non-hydrogen) atoms. The Hall–Kier alpha value is -1.37. The van der Waals surface area contributed by atoms with E-state index in [1.54, 1.807) is 0 Å². The van der Waals surface area contributed by atoms with Crippen LogP contribution >= 0.6 is 0 Å². The quantitative estimate of drug-likeness (QED) is 0.339. The minimum absolute atomic E-state index is 0.0284. The largest absolute Gasteiger partial charge is 0.294 e. The van der Waals surface area contributed by atoms with Gasteiger partial charge < -0.3 is 0 Å². The average molecular weight is 300 g/mol. The van der Waals surface area contributed by atoms with Crippen molar-refractivity contribution in [2.75, 3.05) is 0 Å². The molecule has 0 fully saturated rings. The number of ketones is 1. The summed E-state index contributed by atoms with van der Waals surface area (Å²) in [4.78, 5) is 12.5. The lowest BCUT2D eigenvalue weighted by atomic mass is 9.83. The summed E-state index contributed by atoms with van der Waals surface area (Å²) >= 11 is 0. The fraction of sp³-hybridized carbons (Fsp3) is 0.571. The number of Topliss-reactive ketones (excluding diaryl/α,β-unsaturated/α-hetero) is 1. The smallest absolute Gasteiger partial charge is 0.165 e. The standard InChI is InChI=1S/C21H32O/c1-5-7-12-19(13-8-6-2)17(3)16-18(4)21(22)20-14-10-9-11-15-20/h9-11,14-15,18-19H,3,5-8,12-13,16H2,1-2,4H3. The summed E-state index contributed by atoms with van der Waals surface area (Å²) in [6.45, 7) is 10.8. The molecule has 1 unspecified atom stereocenters. The lowest BCUT2D eigenvalue weighted by molar-refractivity contribution is 0.0927. The number of carbonyl (C=O) groups excluding carboxylic acids is 1. The van der Waals surface area contributed by atoms with Crippen LogP contribution in [-0.2, 0) is 0 Å². The Morgan fingerprint density at radius 3 is 2.09 bits per heavy atom. The lowest BCUT2D eigenvalue weighted by Gasteiger charge is -2.22. The van der Waals surface area contributed by atoms with Crippen LogP contribution in [0.3, 0.4) is 0 Å². The number of hydrogen-bond donors (Lipinski definition) is 0. The van der Waals surface area contributed by atoms with Gasteiger partial charge >= 0.3 is 0 Å². The number of unbranched alkanes of at least 4 members (excludes halogenated alkanes) is 2. The van der Waals surface area contributed by atoms with Gasteiger partial charge in [-0.3, -0.25) is 4.79 Å². The summed E-state index contributed by atoms with van der Waals surface area (Å²) in [5.41, 5.74) is 2.10. The molecule has 0 spiro atoms. The molecular weight excluding hydrogens is 268 g/mol. The van der Waals surface area contributed by atoms with E-state index in [-0.39, 0.29) is 11.7 Å². The summed E-state index contributed by atoms with van der Waals surface area (Å²) in [5.74, 6) is 0.859. The first kappa shape index (κ1) is 18.7. The summed E-state index contributed by atoms with van der Waals surface area (Å²) in [6, 6.07) is 9.63. The van der Waals surface area contributed by atoms with Crippen LogP contribution in [0.25, 0.3) is 0 Å². The molecule has 0 aliphatic carbocycles. The molecule has 0 saturated carbocycles. The monoisotopic (exact) mass is 300 g/mol. The number of benzene rings is 1. The van der Waals surface area contributed by atoms with Crippen molar-refractivity contribution in [3.05, 3.63) is 48.0 Å². The summed E-state index contributed by atoms with van der Waals surface area (Å²) in [7, 11) is 0. The third-order valence-electron chi connectivity index (χ3n) is 4.46. The maximum Gasteiger partial charge on any atom is 0.165 e. The van der Waals surface area contributed by atoms with Crippen LogP contribution in [0.4, 0.5) is 0 Å². The Labute approximate surface area is 136 Å². The topological polar surface area (TPSA) is 17.1 Å². The van der Waals surface area contributed by atoms with Crippen LogP contribution in [0, 0.1) is 11.8 Å². The molecule has 1 atom stereocenters. The first-order chi connectivity index (χ1) is 10.6. The summed E-state index contributed by atoms with van der Waals surface area (Å²) in [6.07, 6.45) is 8.25. The van der Waals surface area contributed by atoms with Crippen molar-refractivity contribution in [1.29, 1.82) is 0 Å². The van der Waals surface area contributed by atoms with Gasteiger partial charge in [0.05, 0.1) is 0 Å². The van der Waals surface area contributed by atoms with Crippen LogP contribution in [-0.4, -0.2) is 5.78 Å². The molecule has 0 amide bonds. The average Bonchev–Trinajstić information content (AvgIpc) is 2.54. The number of rotatable bonds is 11. The first-order valence-corrected chi connectivity index (χ1v) is 8.87. The maximum absolute atomic E-state index is 12.5. The summed E-state index contributed by atoms with van der Waals surface area (Å²) < 4.78 is 0. The van der Waals surface area contributed by atoms with E-state index < -0.39 is 0 Å². The fourth-order valence-electron chi connectivity index (χ4n) is 2.99. The number of hydrogen-bond acceptors (Lipinski definition) is 1. The van der Waals surface area contributed by atoms with Gasteiger partial charge in [-0.25, -0.2) is 0 Å². The third kappa shape index (κ3) is 6.17. The van der Waals surface area contributed by atoms with Gasteiger partial charge in [-0.05, 0) is 25.2 Å². The second-order valence-electron chi connectivity index (χ2n) is 6.48. The minimum Gasteiger partial charge on any atom is -0.294 e. The molecule has 0 aliphatic rings. The van der Waals surface area contributed by atoms with Crippen LogP contribution in [0.1, 0.15) is 76.1 Å². The highest BCUT2D eigenvalue weighted by Crippen LogP contribution is 2.28. The van der Waals surface area contributed by atoms with Crippen LogP contribution in [0.2, 0.25) is 0 Å². The van der Waals surface area contributed by atoms with Crippen LogP contribution < -0.4 is 0 Å². The molecule has 0 aliphatic heterocycles. The minimum atomic E-state index is 0.0284. The molecular formula is C21H32O. The molecule has 0 bridgehead atoms. The van der Waals surface area contributed by atoms with Crippen molar-refractivity contribution in [3.63, 3.8) is 0 Å². The number of allylic oxidation sites excluding steroid dienone is 1. The van der Waals surface area contributed by atoms with E-state index in [1.807, 2.05) is 37.3 Å². The van der Waals surface area contributed by atoms with E-state index in [9.17, 15) is 4.79 Å². The van der Waals surface area contributed by atoms with Crippen molar-refractivity contribution < 1.29 is 4.79 Å². The molecule has 1 heteroatoms. The Bertz CT molecular complexity index is 438. The van der Waals surface area contributed by atoms with Crippen molar-refractivity contribution in [1.82, 2.24) is 0 Å². The summed E-state index contributed by atoms with van der Waals surface area (Å²) in [5, 5.41) is 0. The van der Waals surface area contributed by atoms with Gasteiger partial charge in [-0.15, -0.1) is 0 Å². The Morgan fingerprint density at radius 1 is 1.05 bits per heavy atom. The molecule has 1 rings (SSSR count). The van der Waals surface area contributed by atoms with Crippen LogP contribution in [0.15, 0.2) is 42.5 Å². The van der Waals surface area contributed by atoms with Gasteiger partial charge in [-0.1, -0.05) is 88.9 Å². The van der Waals surface area contributed by atoms with Gasteiger partial charge in [-0.2, -0.15) is 0 Å². The molecule has 1 nitrogen and oxygen atoms in total. The second-order valence-corrected chi connectivity index (χ2v) is 6.48. The van der Waals surface area contributed by atoms with E-state index in [0.717, 1.165) is 12.0 Å². The molecule has 0 aromatic heterocycles. The molecule has 0 N–H and O–H groups in total. The Morgan fingerprint density at radius 2 is 1.59 bits per heavy atom. The van der Waals surface area contributed by atoms with Crippen molar-refractivity contribution in [2.24, 2.45) is 11.8 Å². The zero-order chi connectivity index (χ0) is 16.4. The van der Waals surface area contributed by atoms with Gasteiger partial charge in [0.25, 0.3) is 0 Å². The highest BCUT2D eigenvalue weighted by Gasteiger charge is 2.19. The molecule has 1 aromatic carbocycles. The fourth-order valence-corrected chi connectivity index (χ4v) is 2.99. The molecule has 122 valence electrons. The zero-order valence-electron chi connectivity index (χ0n) is 14.6. The van der Waals surface area contributed by atoms with Crippen molar-refractivity contribution in [2.45, 2.75) is 65.7 Å².